The first-order chi connectivity index (χ1) is 21.2. The number of hydrogen-bond donors (Lipinski definition) is 1. The average Bonchev–Trinajstić information content (AvgIpc) is 3.48. The van der Waals surface area contributed by atoms with Crippen LogP contribution in [-0.4, -0.2) is 71.4 Å². The highest BCUT2D eigenvalue weighted by Gasteiger charge is 2.45. The van der Waals surface area contributed by atoms with E-state index in [-0.39, 0.29) is 49.0 Å². The molecule has 44 heavy (non-hydrogen) atoms. The Bertz CT molecular complexity index is 1590. The fourth-order valence-corrected chi connectivity index (χ4v) is 6.45. The molecule has 2 aliphatic rings. The highest BCUT2D eigenvalue weighted by molar-refractivity contribution is 7.13. The minimum absolute atomic E-state index is 0.0569. The Labute approximate surface area is 256 Å². The Morgan fingerprint density at radius 1 is 1.09 bits per heavy atom. The number of alkyl halides is 3. The molecule has 4 heterocycles. The quantitative estimate of drug-likeness (QED) is 0.272. The van der Waals surface area contributed by atoms with E-state index in [9.17, 15) is 4.79 Å². The molecule has 0 aliphatic carbocycles. The van der Waals surface area contributed by atoms with Gasteiger partial charge in [0.1, 0.15) is 22.1 Å². The van der Waals surface area contributed by atoms with E-state index < -0.39 is 23.2 Å². The molecule has 2 aliphatic heterocycles. The van der Waals surface area contributed by atoms with Crippen molar-refractivity contribution in [3.05, 3.63) is 77.6 Å². The van der Waals surface area contributed by atoms with Crippen molar-refractivity contribution in [3.63, 3.8) is 0 Å². The smallest absolute Gasteiger partial charge is 0.422 e. The van der Waals surface area contributed by atoms with E-state index in [0.29, 0.717) is 23.5 Å². The van der Waals surface area contributed by atoms with Crippen LogP contribution in [-0.2, 0) is 22.1 Å². The Hall–Kier alpha value is -4.07. The van der Waals surface area contributed by atoms with Crippen molar-refractivity contribution >= 4 is 28.6 Å². The minimum atomic E-state index is -4.78. The summed E-state index contributed by atoms with van der Waals surface area (Å²) in [6.07, 6.45) is -0.370. The van der Waals surface area contributed by atoms with E-state index in [0.717, 1.165) is 18.7 Å². The molecule has 2 saturated heterocycles. The molecule has 0 atom stereocenters. The van der Waals surface area contributed by atoms with E-state index in [4.69, 9.17) is 9.47 Å². The van der Waals surface area contributed by atoms with Gasteiger partial charge >= 0.3 is 6.18 Å². The molecule has 9 nitrogen and oxygen atoms in total. The third kappa shape index (κ3) is 6.69. The van der Waals surface area contributed by atoms with Crippen LogP contribution in [0.5, 0.6) is 11.5 Å². The van der Waals surface area contributed by atoms with Crippen LogP contribution in [0.1, 0.15) is 24.1 Å². The number of anilines is 2. The lowest BCUT2D eigenvalue weighted by molar-refractivity contribution is -0.138. The maximum atomic E-state index is 15.0. The second kappa shape index (κ2) is 12.5. The highest BCUT2D eigenvalue weighted by atomic mass is 32.1. The van der Waals surface area contributed by atoms with Gasteiger partial charge in [-0.1, -0.05) is 18.2 Å². The van der Waals surface area contributed by atoms with Crippen molar-refractivity contribution < 1.29 is 27.4 Å². The second-order valence-corrected chi connectivity index (χ2v) is 11.9. The summed E-state index contributed by atoms with van der Waals surface area (Å²) in [6.45, 7) is 2.33. The summed E-state index contributed by atoms with van der Waals surface area (Å²) in [7, 11) is 2.02. The van der Waals surface area contributed by atoms with Gasteiger partial charge in [0.05, 0.1) is 48.1 Å². The topological polar surface area (TPSA) is 92.7 Å². The Morgan fingerprint density at radius 3 is 2.61 bits per heavy atom. The zero-order valence-corrected chi connectivity index (χ0v) is 24.8. The second-order valence-electron chi connectivity index (χ2n) is 11.0. The Kier molecular flexibility index (Phi) is 8.52. The number of piperidine rings is 1. The molecule has 6 rings (SSSR count). The third-order valence-corrected chi connectivity index (χ3v) is 8.80. The predicted octanol–water partition coefficient (Wildman–Crippen LogP) is 5.89. The molecule has 0 saturated carbocycles. The number of nitrogens with zero attached hydrogens (tertiary/aromatic N) is 5. The number of rotatable bonds is 7. The van der Waals surface area contributed by atoms with E-state index in [1.165, 1.54) is 23.5 Å². The first-order valence-electron chi connectivity index (χ1n) is 14.2. The van der Waals surface area contributed by atoms with Crippen LogP contribution >= 0.6 is 11.3 Å². The van der Waals surface area contributed by atoms with Crippen molar-refractivity contribution in [3.8, 4) is 22.1 Å². The largest absolute Gasteiger partial charge is 0.457 e. The Morgan fingerprint density at radius 2 is 1.89 bits per heavy atom. The summed E-state index contributed by atoms with van der Waals surface area (Å²) in [5, 5.41) is 12.8. The molecule has 1 N–H and O–H groups in total. The maximum Gasteiger partial charge on any atom is 0.422 e. The van der Waals surface area contributed by atoms with E-state index >= 15 is 13.2 Å². The van der Waals surface area contributed by atoms with Crippen LogP contribution in [0.2, 0.25) is 0 Å². The van der Waals surface area contributed by atoms with Gasteiger partial charge in [-0.3, -0.25) is 4.79 Å². The molecule has 0 radical (unpaired) electrons. The minimum Gasteiger partial charge on any atom is -0.457 e. The number of halogens is 3. The van der Waals surface area contributed by atoms with Crippen molar-refractivity contribution in [1.82, 2.24) is 20.1 Å². The van der Waals surface area contributed by atoms with Crippen LogP contribution in [0.15, 0.2) is 66.3 Å². The number of hydrogen-bond acceptors (Lipinski definition) is 9. The summed E-state index contributed by atoms with van der Waals surface area (Å²) in [4.78, 5) is 21.7. The number of amides is 1. The van der Waals surface area contributed by atoms with Crippen molar-refractivity contribution in [2.24, 2.45) is 0 Å². The zero-order chi connectivity index (χ0) is 30.7. The molecular weight excluding hydrogens is 593 g/mol. The van der Waals surface area contributed by atoms with E-state index in [1.807, 2.05) is 7.05 Å². The number of ether oxygens (including phenoxy) is 2. The van der Waals surface area contributed by atoms with Crippen molar-refractivity contribution in [2.75, 3.05) is 50.1 Å². The summed E-state index contributed by atoms with van der Waals surface area (Å²) in [5.41, 5.74) is -0.325. The number of morpholine rings is 1. The number of carbonyl (C=O) groups excluding carboxylic acids is 1. The number of aromatic nitrogens is 3. The van der Waals surface area contributed by atoms with Crippen LogP contribution in [0.25, 0.3) is 10.6 Å². The lowest BCUT2D eigenvalue weighted by atomic mass is 9.89. The monoisotopic (exact) mass is 624 g/mol. The fraction of sp³-hybridized carbons (Fsp3) is 0.355. The number of carbonyl (C=O) groups is 1. The third-order valence-electron chi connectivity index (χ3n) is 7.86. The predicted molar refractivity (Wildman–Crippen MR) is 161 cm³/mol. The summed E-state index contributed by atoms with van der Waals surface area (Å²) < 4.78 is 57.0. The van der Waals surface area contributed by atoms with Gasteiger partial charge in [-0.2, -0.15) is 23.4 Å². The molecule has 0 unspecified atom stereocenters. The maximum absolute atomic E-state index is 15.0. The van der Waals surface area contributed by atoms with Gasteiger partial charge in [0.2, 0.25) is 5.91 Å². The molecule has 2 fully saturated rings. The van der Waals surface area contributed by atoms with Gasteiger partial charge in [0, 0.05) is 37.1 Å². The van der Waals surface area contributed by atoms with Crippen LogP contribution in [0.3, 0.4) is 0 Å². The fourth-order valence-electron chi connectivity index (χ4n) is 5.64. The molecule has 1 spiro atoms. The van der Waals surface area contributed by atoms with Crippen LogP contribution in [0.4, 0.5) is 24.5 Å². The molecule has 1 amide bonds. The zero-order valence-electron chi connectivity index (χ0n) is 24.0. The Balaban J connectivity index is 1.34. The molecule has 2 aromatic carbocycles. The number of nitrogens with one attached hydrogen (secondary N) is 1. The number of benzene rings is 2. The molecule has 2 aromatic heterocycles. The number of likely N-dealkylation sites (tertiary alicyclic amines) is 1. The van der Waals surface area contributed by atoms with Gasteiger partial charge in [0.25, 0.3) is 0 Å². The SMILES string of the molecule is CN1CCC2(CC1)CN(c1c(NC(=O)Cc3csc(-c4ccnnc4)n3)ccc(Oc3ccccc3)c1C(F)(F)F)CCO2. The van der Waals surface area contributed by atoms with Crippen LogP contribution < -0.4 is 15.0 Å². The normalized spacial score (nSPS) is 17.0. The lowest BCUT2D eigenvalue weighted by Crippen LogP contribution is -2.56. The van der Waals surface area contributed by atoms with Gasteiger partial charge in [-0.15, -0.1) is 11.3 Å². The van der Waals surface area contributed by atoms with E-state index in [2.05, 4.69) is 25.4 Å². The van der Waals surface area contributed by atoms with Gasteiger partial charge < -0.3 is 24.6 Å². The summed E-state index contributed by atoms with van der Waals surface area (Å²) in [6, 6.07) is 12.8. The van der Waals surface area contributed by atoms with Gasteiger partial charge in [-0.05, 0) is 50.2 Å². The molecule has 13 heteroatoms. The first kappa shape index (κ1) is 30.0. The number of para-hydroxylation sites is 1. The highest BCUT2D eigenvalue weighted by Crippen LogP contribution is 2.49. The average molecular weight is 625 g/mol. The molecular formula is C31H31F3N6O3S. The first-order valence-corrected chi connectivity index (χ1v) is 15.1. The molecule has 4 aromatic rings. The summed E-state index contributed by atoms with van der Waals surface area (Å²) in [5.74, 6) is -0.544. The van der Waals surface area contributed by atoms with Crippen molar-refractivity contribution in [2.45, 2.75) is 31.0 Å². The van der Waals surface area contributed by atoms with E-state index in [1.54, 1.807) is 59.1 Å². The standard InChI is InChI=1S/C31H31F3N6O3S/c1-39-13-10-30(11-14-39)20-40(15-16-42-30)28-24(7-8-25(27(28)31(32,33)34)43-23-5-3-2-4-6-23)38-26(41)17-22-19-44-29(37-22)21-9-12-35-36-18-21/h2-9,12,18-19H,10-11,13-17,20H2,1H3,(H,38,41). The summed E-state index contributed by atoms with van der Waals surface area (Å²) >= 11 is 1.35. The van der Waals surface area contributed by atoms with Gasteiger partial charge in [-0.25, -0.2) is 4.98 Å². The molecule has 230 valence electrons. The molecule has 0 bridgehead atoms. The van der Waals surface area contributed by atoms with Crippen molar-refractivity contribution in [1.29, 1.82) is 0 Å². The van der Waals surface area contributed by atoms with Crippen LogP contribution in [0, 0.1) is 0 Å². The van der Waals surface area contributed by atoms with Gasteiger partial charge in [0.15, 0.2) is 0 Å². The number of thiazole rings is 1. The lowest BCUT2D eigenvalue weighted by Gasteiger charge is -2.48.